The van der Waals surface area contributed by atoms with Crippen molar-refractivity contribution in [3.8, 4) is 0 Å². The number of pyridine rings is 2. The largest absolute Gasteiger partial charge is 0.352 e. The van der Waals surface area contributed by atoms with E-state index in [2.05, 4.69) is 32.8 Å². The molecule has 0 aliphatic rings. The molecule has 6 heteroatoms. The van der Waals surface area contributed by atoms with Crippen molar-refractivity contribution in [3.63, 3.8) is 0 Å². The summed E-state index contributed by atoms with van der Waals surface area (Å²) >= 11 is 0. The Morgan fingerprint density at radius 2 is 1.10 bits per heavy atom. The van der Waals surface area contributed by atoms with E-state index in [1.807, 2.05) is 60.7 Å². The first kappa shape index (κ1) is 21.2. The predicted molar refractivity (Wildman–Crippen MR) is 125 cm³/mol. The van der Waals surface area contributed by atoms with Crippen molar-refractivity contribution < 1.29 is 0 Å². The van der Waals surface area contributed by atoms with Crippen molar-refractivity contribution in [1.82, 2.24) is 9.97 Å². The topological polar surface area (TPSA) is 102 Å². The SMILES string of the molecule is NCC/C=C(/Nc1ccccc1N/C(=C/CCN)c1ccccn1)c1ccccn1. The van der Waals surface area contributed by atoms with Crippen molar-refractivity contribution in [2.75, 3.05) is 23.7 Å². The lowest BCUT2D eigenvalue weighted by Crippen LogP contribution is -2.07. The van der Waals surface area contributed by atoms with E-state index >= 15 is 0 Å². The van der Waals surface area contributed by atoms with Gasteiger partial charge in [0, 0.05) is 12.4 Å². The molecule has 0 aliphatic heterocycles. The fraction of sp³-hybridized carbons (Fsp3) is 0.167. The first-order valence-corrected chi connectivity index (χ1v) is 10.1. The molecule has 0 amide bonds. The lowest BCUT2D eigenvalue weighted by Gasteiger charge is -2.18. The van der Waals surface area contributed by atoms with Gasteiger partial charge < -0.3 is 22.1 Å². The van der Waals surface area contributed by atoms with Gasteiger partial charge in [-0.1, -0.05) is 36.4 Å². The Labute approximate surface area is 177 Å². The molecule has 0 bridgehead atoms. The average molecular weight is 401 g/mol. The summed E-state index contributed by atoms with van der Waals surface area (Å²) in [5.41, 5.74) is 16.9. The number of benzene rings is 1. The molecule has 154 valence electrons. The van der Waals surface area contributed by atoms with Gasteiger partial charge in [-0.15, -0.1) is 0 Å². The highest BCUT2D eigenvalue weighted by Crippen LogP contribution is 2.28. The van der Waals surface area contributed by atoms with Gasteiger partial charge in [-0.05, 0) is 62.3 Å². The van der Waals surface area contributed by atoms with Gasteiger partial charge in [0.25, 0.3) is 0 Å². The minimum absolute atomic E-state index is 0.573. The molecule has 3 aromatic rings. The third-order valence-corrected chi connectivity index (χ3v) is 4.38. The smallest absolute Gasteiger partial charge is 0.0861 e. The molecule has 0 unspecified atom stereocenters. The number of anilines is 2. The summed E-state index contributed by atoms with van der Waals surface area (Å²) in [5, 5.41) is 7.04. The standard InChI is InChI=1S/C24H28N6/c25-15-7-13-21(19-9-3-5-17-27-19)29-23-11-1-2-12-24(23)30-22(14-8-16-26)20-10-4-6-18-28-20/h1-6,9-14,17-18,29-30H,7-8,15-16,25-26H2/b21-13+,22-14+. The molecule has 0 atom stereocenters. The fourth-order valence-corrected chi connectivity index (χ4v) is 2.93. The van der Waals surface area contributed by atoms with Crippen LogP contribution in [0.25, 0.3) is 11.4 Å². The first-order chi connectivity index (χ1) is 14.8. The van der Waals surface area contributed by atoms with Crippen molar-refractivity contribution in [3.05, 3.63) is 96.6 Å². The highest BCUT2D eigenvalue weighted by atomic mass is 15.0. The maximum atomic E-state index is 5.73. The zero-order chi connectivity index (χ0) is 21.0. The molecule has 0 aliphatic carbocycles. The van der Waals surface area contributed by atoms with Crippen LogP contribution in [-0.4, -0.2) is 23.1 Å². The van der Waals surface area contributed by atoms with Gasteiger partial charge in [0.05, 0.1) is 34.2 Å². The van der Waals surface area contributed by atoms with Crippen LogP contribution in [0.3, 0.4) is 0 Å². The number of hydrogen-bond donors (Lipinski definition) is 4. The van der Waals surface area contributed by atoms with Crippen molar-refractivity contribution in [2.45, 2.75) is 12.8 Å². The fourth-order valence-electron chi connectivity index (χ4n) is 2.93. The number of aromatic nitrogens is 2. The molecule has 2 heterocycles. The summed E-state index contributed by atoms with van der Waals surface area (Å²) in [5.74, 6) is 0. The highest BCUT2D eigenvalue weighted by Gasteiger charge is 2.10. The Bertz CT molecular complexity index is 887. The van der Waals surface area contributed by atoms with Crippen LogP contribution >= 0.6 is 0 Å². The summed E-state index contributed by atoms with van der Waals surface area (Å²) in [4.78, 5) is 8.96. The van der Waals surface area contributed by atoms with Crippen LogP contribution in [0.15, 0.2) is 85.2 Å². The number of nitrogens with two attached hydrogens (primary N) is 2. The summed E-state index contributed by atoms with van der Waals surface area (Å²) in [7, 11) is 0. The van der Waals surface area contributed by atoms with Crippen LogP contribution in [0.1, 0.15) is 24.2 Å². The molecule has 0 radical (unpaired) electrons. The van der Waals surface area contributed by atoms with E-state index in [4.69, 9.17) is 11.5 Å². The summed E-state index contributed by atoms with van der Waals surface area (Å²) in [6, 6.07) is 19.8. The van der Waals surface area contributed by atoms with Crippen LogP contribution in [0.2, 0.25) is 0 Å². The molecule has 0 spiro atoms. The maximum Gasteiger partial charge on any atom is 0.0861 e. The van der Waals surface area contributed by atoms with Crippen LogP contribution < -0.4 is 22.1 Å². The summed E-state index contributed by atoms with van der Waals surface area (Å²) < 4.78 is 0. The zero-order valence-electron chi connectivity index (χ0n) is 17.0. The minimum Gasteiger partial charge on any atom is -0.352 e. The third kappa shape index (κ3) is 6.01. The van der Waals surface area contributed by atoms with Crippen LogP contribution in [0.4, 0.5) is 11.4 Å². The van der Waals surface area contributed by atoms with Crippen molar-refractivity contribution >= 4 is 22.8 Å². The molecule has 6 N–H and O–H groups in total. The third-order valence-electron chi connectivity index (χ3n) is 4.38. The second-order valence-electron chi connectivity index (χ2n) is 6.62. The summed E-state index contributed by atoms with van der Waals surface area (Å²) in [6.45, 7) is 1.15. The maximum absolute atomic E-state index is 5.73. The quantitative estimate of drug-likeness (QED) is 0.409. The Balaban J connectivity index is 1.91. The van der Waals surface area contributed by atoms with E-state index in [0.717, 1.165) is 47.0 Å². The highest BCUT2D eigenvalue weighted by molar-refractivity contribution is 5.87. The van der Waals surface area contributed by atoms with Crippen LogP contribution in [-0.2, 0) is 0 Å². The van der Waals surface area contributed by atoms with Gasteiger partial charge in [-0.2, -0.15) is 0 Å². The van der Waals surface area contributed by atoms with Gasteiger partial charge in [-0.25, -0.2) is 0 Å². The molecule has 6 nitrogen and oxygen atoms in total. The van der Waals surface area contributed by atoms with Gasteiger partial charge >= 0.3 is 0 Å². The Morgan fingerprint density at radius 3 is 1.47 bits per heavy atom. The Hall–Kier alpha value is -3.48. The molecule has 30 heavy (non-hydrogen) atoms. The van der Waals surface area contributed by atoms with E-state index in [9.17, 15) is 0 Å². The van der Waals surface area contributed by atoms with Gasteiger partial charge in [-0.3, -0.25) is 9.97 Å². The zero-order valence-corrected chi connectivity index (χ0v) is 17.0. The monoisotopic (exact) mass is 400 g/mol. The van der Waals surface area contributed by atoms with Gasteiger partial charge in [0.15, 0.2) is 0 Å². The second-order valence-corrected chi connectivity index (χ2v) is 6.62. The minimum atomic E-state index is 0.573. The molecular weight excluding hydrogens is 372 g/mol. The predicted octanol–water partition coefficient (Wildman–Crippen LogP) is 4.08. The molecule has 0 fully saturated rings. The molecule has 0 saturated carbocycles. The Morgan fingerprint density at radius 1 is 0.667 bits per heavy atom. The molecule has 1 aromatic carbocycles. The summed E-state index contributed by atoms with van der Waals surface area (Å²) in [6.07, 6.45) is 9.22. The average Bonchev–Trinajstić information content (AvgIpc) is 2.81. The number of para-hydroxylation sites is 2. The number of nitrogens with zero attached hydrogens (tertiary/aromatic N) is 2. The Kier molecular flexibility index (Phi) is 8.14. The lowest BCUT2D eigenvalue weighted by molar-refractivity contribution is 1.01. The van der Waals surface area contributed by atoms with E-state index in [0.29, 0.717) is 13.1 Å². The van der Waals surface area contributed by atoms with Crippen LogP contribution in [0, 0.1) is 0 Å². The van der Waals surface area contributed by atoms with E-state index in [1.54, 1.807) is 12.4 Å². The van der Waals surface area contributed by atoms with Gasteiger partial charge in [0.1, 0.15) is 0 Å². The second kappa shape index (κ2) is 11.5. The van der Waals surface area contributed by atoms with E-state index < -0.39 is 0 Å². The number of nitrogens with one attached hydrogen (secondary N) is 2. The van der Waals surface area contributed by atoms with Crippen LogP contribution in [0.5, 0.6) is 0 Å². The van der Waals surface area contributed by atoms with Crippen molar-refractivity contribution in [2.24, 2.45) is 11.5 Å². The first-order valence-electron chi connectivity index (χ1n) is 10.1. The molecule has 3 rings (SSSR count). The van der Waals surface area contributed by atoms with Crippen molar-refractivity contribution in [1.29, 1.82) is 0 Å². The lowest BCUT2D eigenvalue weighted by atomic mass is 10.1. The van der Waals surface area contributed by atoms with Gasteiger partial charge in [0.2, 0.25) is 0 Å². The molecule has 0 saturated heterocycles. The number of rotatable bonds is 10. The van der Waals surface area contributed by atoms with E-state index in [1.165, 1.54) is 0 Å². The molecule has 2 aromatic heterocycles. The van der Waals surface area contributed by atoms with E-state index in [-0.39, 0.29) is 0 Å². The molecular formula is C24H28N6. The normalized spacial score (nSPS) is 11.9. The number of hydrogen-bond acceptors (Lipinski definition) is 6.